The second-order valence-corrected chi connectivity index (χ2v) is 6.56. The number of likely N-dealkylation sites (tertiary alicyclic amines) is 1. The van der Waals surface area contributed by atoms with Crippen LogP contribution in [-0.2, 0) is 6.54 Å². The molecule has 2 saturated heterocycles. The molecule has 114 valence electrons. The number of benzene rings is 1. The van der Waals surface area contributed by atoms with Crippen LogP contribution >= 0.6 is 11.6 Å². The van der Waals surface area contributed by atoms with Gasteiger partial charge in [0.2, 0.25) is 5.91 Å². The van der Waals surface area contributed by atoms with E-state index in [1.54, 1.807) is 12.1 Å². The highest BCUT2D eigenvalue weighted by Crippen LogP contribution is 2.35. The molecule has 0 aliphatic carbocycles. The highest BCUT2D eigenvalue weighted by molar-refractivity contribution is 6.31. The fraction of sp³-hybridized carbons (Fsp3) is 0.562. The van der Waals surface area contributed by atoms with Crippen molar-refractivity contribution in [1.82, 2.24) is 10.2 Å². The van der Waals surface area contributed by atoms with Gasteiger partial charge < -0.3 is 11.1 Å². The van der Waals surface area contributed by atoms with E-state index in [0.29, 0.717) is 16.6 Å². The molecule has 3 unspecified atom stereocenters. The lowest BCUT2D eigenvalue weighted by molar-refractivity contribution is 0.100. The van der Waals surface area contributed by atoms with E-state index in [4.69, 9.17) is 17.3 Å². The Hall–Kier alpha value is -1.10. The SMILES string of the molecule is CCC1C2CNCC2CN1Cc1ccc(C(N)=O)cc1Cl. The van der Waals surface area contributed by atoms with E-state index in [1.165, 1.54) is 6.42 Å². The molecule has 3 N–H and O–H groups in total. The first-order valence-electron chi connectivity index (χ1n) is 7.63. The van der Waals surface area contributed by atoms with Crippen molar-refractivity contribution in [2.75, 3.05) is 19.6 Å². The highest BCUT2D eigenvalue weighted by atomic mass is 35.5. The molecule has 3 rings (SSSR count). The van der Waals surface area contributed by atoms with Crippen LogP contribution in [0.5, 0.6) is 0 Å². The first-order chi connectivity index (χ1) is 10.1. The molecular formula is C16H22ClN3O. The third kappa shape index (κ3) is 2.80. The predicted octanol–water partition coefficient (Wildman–Crippen LogP) is 1.87. The minimum atomic E-state index is -0.434. The molecule has 1 amide bonds. The summed E-state index contributed by atoms with van der Waals surface area (Å²) < 4.78 is 0. The number of nitrogens with one attached hydrogen (secondary N) is 1. The highest BCUT2D eigenvalue weighted by Gasteiger charge is 2.42. The quantitative estimate of drug-likeness (QED) is 0.893. The van der Waals surface area contributed by atoms with Crippen LogP contribution in [0.4, 0.5) is 0 Å². The van der Waals surface area contributed by atoms with E-state index >= 15 is 0 Å². The lowest BCUT2D eigenvalue weighted by Gasteiger charge is -2.27. The second kappa shape index (κ2) is 5.95. The Kier molecular flexibility index (Phi) is 4.20. The molecule has 2 aliphatic rings. The smallest absolute Gasteiger partial charge is 0.248 e. The maximum atomic E-state index is 11.2. The average molecular weight is 308 g/mol. The average Bonchev–Trinajstić information content (AvgIpc) is 3.00. The van der Waals surface area contributed by atoms with Gasteiger partial charge in [-0.1, -0.05) is 24.6 Å². The van der Waals surface area contributed by atoms with Crippen molar-refractivity contribution in [3.05, 3.63) is 34.3 Å². The fourth-order valence-corrected chi connectivity index (χ4v) is 4.14. The Morgan fingerprint density at radius 2 is 2.29 bits per heavy atom. The van der Waals surface area contributed by atoms with Gasteiger partial charge in [0.25, 0.3) is 0 Å². The summed E-state index contributed by atoms with van der Waals surface area (Å²) in [6.45, 7) is 6.50. The summed E-state index contributed by atoms with van der Waals surface area (Å²) in [6.07, 6.45) is 1.17. The van der Waals surface area contributed by atoms with E-state index in [1.807, 2.05) is 6.07 Å². The monoisotopic (exact) mass is 307 g/mol. The molecule has 0 radical (unpaired) electrons. The Balaban J connectivity index is 1.76. The van der Waals surface area contributed by atoms with Gasteiger partial charge in [-0.15, -0.1) is 0 Å². The molecule has 2 aliphatic heterocycles. The second-order valence-electron chi connectivity index (χ2n) is 6.16. The predicted molar refractivity (Wildman–Crippen MR) is 84.3 cm³/mol. The number of carbonyl (C=O) groups is 1. The van der Waals surface area contributed by atoms with Crippen molar-refractivity contribution < 1.29 is 4.79 Å². The van der Waals surface area contributed by atoms with E-state index in [9.17, 15) is 4.79 Å². The zero-order valence-corrected chi connectivity index (χ0v) is 13.1. The van der Waals surface area contributed by atoms with Gasteiger partial charge in [-0.3, -0.25) is 9.69 Å². The summed E-state index contributed by atoms with van der Waals surface area (Å²) >= 11 is 6.32. The zero-order chi connectivity index (χ0) is 15.0. The largest absolute Gasteiger partial charge is 0.366 e. The molecule has 1 aromatic carbocycles. The van der Waals surface area contributed by atoms with Crippen molar-refractivity contribution in [3.8, 4) is 0 Å². The first kappa shape index (κ1) is 14.8. The van der Waals surface area contributed by atoms with Crippen LogP contribution < -0.4 is 11.1 Å². The number of nitrogens with two attached hydrogens (primary N) is 1. The normalized spacial score (nSPS) is 28.8. The topological polar surface area (TPSA) is 58.4 Å². The van der Waals surface area contributed by atoms with Gasteiger partial charge in [0.05, 0.1) is 0 Å². The number of fused-ring (bicyclic) bond motifs is 1. The van der Waals surface area contributed by atoms with Crippen LogP contribution in [0.3, 0.4) is 0 Å². The number of primary amides is 1. The van der Waals surface area contributed by atoms with Crippen molar-refractivity contribution in [2.24, 2.45) is 17.6 Å². The molecule has 4 nitrogen and oxygen atoms in total. The molecule has 2 fully saturated rings. The minimum Gasteiger partial charge on any atom is -0.366 e. The van der Waals surface area contributed by atoms with Gasteiger partial charge in [0.15, 0.2) is 0 Å². The molecule has 3 atom stereocenters. The lowest BCUT2D eigenvalue weighted by Crippen LogP contribution is -2.34. The molecule has 0 aromatic heterocycles. The van der Waals surface area contributed by atoms with Crippen LogP contribution in [0.2, 0.25) is 5.02 Å². The molecule has 1 aromatic rings. The van der Waals surface area contributed by atoms with Gasteiger partial charge in [0.1, 0.15) is 0 Å². The number of rotatable bonds is 4. The Morgan fingerprint density at radius 1 is 1.48 bits per heavy atom. The summed E-state index contributed by atoms with van der Waals surface area (Å²) in [6, 6.07) is 6.00. The van der Waals surface area contributed by atoms with Crippen LogP contribution in [0.15, 0.2) is 18.2 Å². The Bertz CT molecular complexity index is 548. The van der Waals surface area contributed by atoms with Gasteiger partial charge in [-0.05, 0) is 49.0 Å². The molecule has 0 spiro atoms. The van der Waals surface area contributed by atoms with Gasteiger partial charge in [-0.2, -0.15) is 0 Å². The van der Waals surface area contributed by atoms with Gasteiger partial charge in [0, 0.05) is 29.7 Å². The zero-order valence-electron chi connectivity index (χ0n) is 12.3. The molecular weight excluding hydrogens is 286 g/mol. The van der Waals surface area contributed by atoms with Gasteiger partial charge in [-0.25, -0.2) is 0 Å². The summed E-state index contributed by atoms with van der Waals surface area (Å²) in [4.78, 5) is 13.7. The van der Waals surface area contributed by atoms with E-state index in [-0.39, 0.29) is 0 Å². The lowest BCUT2D eigenvalue weighted by atomic mass is 9.93. The number of carbonyl (C=O) groups excluding carboxylic acids is 1. The summed E-state index contributed by atoms with van der Waals surface area (Å²) in [5, 5.41) is 4.14. The van der Waals surface area contributed by atoms with Crippen LogP contribution in [0.1, 0.15) is 29.3 Å². The van der Waals surface area contributed by atoms with Crippen molar-refractivity contribution >= 4 is 17.5 Å². The maximum Gasteiger partial charge on any atom is 0.248 e. The van der Waals surface area contributed by atoms with Crippen molar-refractivity contribution in [3.63, 3.8) is 0 Å². The van der Waals surface area contributed by atoms with E-state index < -0.39 is 5.91 Å². The fourth-order valence-electron chi connectivity index (χ4n) is 3.90. The first-order valence-corrected chi connectivity index (χ1v) is 8.01. The van der Waals surface area contributed by atoms with Crippen molar-refractivity contribution in [2.45, 2.75) is 25.9 Å². The van der Waals surface area contributed by atoms with Crippen LogP contribution in [0, 0.1) is 11.8 Å². The Morgan fingerprint density at radius 3 is 2.95 bits per heavy atom. The molecule has 0 bridgehead atoms. The summed E-state index contributed by atoms with van der Waals surface area (Å²) in [5.74, 6) is 1.09. The van der Waals surface area contributed by atoms with E-state index in [0.717, 1.165) is 43.6 Å². The van der Waals surface area contributed by atoms with Crippen molar-refractivity contribution in [1.29, 1.82) is 0 Å². The van der Waals surface area contributed by atoms with E-state index in [2.05, 4.69) is 17.1 Å². The molecule has 2 heterocycles. The number of halogens is 1. The number of hydrogen-bond donors (Lipinski definition) is 2. The Labute approximate surface area is 130 Å². The molecule has 21 heavy (non-hydrogen) atoms. The number of nitrogens with zero attached hydrogens (tertiary/aromatic N) is 1. The molecule has 5 heteroatoms. The third-order valence-corrected chi connectivity index (χ3v) is 5.31. The van der Waals surface area contributed by atoms with Crippen LogP contribution in [-0.4, -0.2) is 36.5 Å². The minimum absolute atomic E-state index is 0.434. The molecule has 0 saturated carbocycles. The van der Waals surface area contributed by atoms with Crippen LogP contribution in [0.25, 0.3) is 0 Å². The van der Waals surface area contributed by atoms with Gasteiger partial charge >= 0.3 is 0 Å². The number of hydrogen-bond acceptors (Lipinski definition) is 3. The maximum absolute atomic E-state index is 11.2. The summed E-state index contributed by atoms with van der Waals surface area (Å²) in [5.41, 5.74) is 6.83. The third-order valence-electron chi connectivity index (χ3n) is 4.95. The number of amides is 1. The summed E-state index contributed by atoms with van der Waals surface area (Å²) in [7, 11) is 0. The standard InChI is InChI=1S/C16H22ClN3O/c1-2-15-13-7-19-6-12(13)9-20(15)8-11-4-3-10(16(18)21)5-14(11)17/h3-5,12-13,15,19H,2,6-9H2,1H3,(H2,18,21).